The fraction of sp³-hybridized carbons (Fsp3) is 0.733. The zero-order chi connectivity index (χ0) is 14.8. The smallest absolute Gasteiger partial charge is 0.188 e. The second-order valence-electron chi connectivity index (χ2n) is 5.16. The van der Waals surface area contributed by atoms with Crippen LogP contribution in [0.3, 0.4) is 0 Å². The second kappa shape index (κ2) is 9.39. The van der Waals surface area contributed by atoms with Gasteiger partial charge in [0.1, 0.15) is 5.76 Å². The number of hydrogen-bond donors (Lipinski definition) is 2. The molecule has 0 spiro atoms. The number of aromatic nitrogens is 1. The number of nitrogens with two attached hydrogens (primary N) is 1. The van der Waals surface area contributed by atoms with Gasteiger partial charge in [0.15, 0.2) is 5.96 Å². The Kier molecular flexibility index (Phi) is 7.77. The third-order valence-corrected chi connectivity index (χ3v) is 3.38. The van der Waals surface area contributed by atoms with Crippen molar-refractivity contribution in [3.8, 4) is 0 Å². The molecule has 1 aromatic rings. The Morgan fingerprint density at radius 2 is 2.05 bits per heavy atom. The Balaban J connectivity index is 2.14. The first kappa shape index (κ1) is 16.5. The number of rotatable bonds is 9. The quantitative estimate of drug-likeness (QED) is 0.414. The highest BCUT2D eigenvalue weighted by Gasteiger charge is 2.07. The van der Waals surface area contributed by atoms with Gasteiger partial charge in [-0.3, -0.25) is 4.99 Å². The van der Waals surface area contributed by atoms with Crippen molar-refractivity contribution in [2.45, 2.75) is 59.3 Å². The van der Waals surface area contributed by atoms with Crippen LogP contribution in [-0.2, 0) is 6.42 Å². The monoisotopic (exact) mass is 280 g/mol. The summed E-state index contributed by atoms with van der Waals surface area (Å²) in [6.45, 7) is 7.78. The molecule has 0 aliphatic heterocycles. The van der Waals surface area contributed by atoms with Gasteiger partial charge in [-0.15, -0.1) is 0 Å². The van der Waals surface area contributed by atoms with Crippen molar-refractivity contribution in [1.29, 1.82) is 0 Å². The van der Waals surface area contributed by atoms with Crippen molar-refractivity contribution in [3.05, 3.63) is 17.0 Å². The lowest BCUT2D eigenvalue weighted by Gasteiger charge is -2.05. The SMILES string of the molecule is CCCCCCNC(N)=NCCCc1c(C)noc1C. The molecule has 1 heterocycles. The first-order chi connectivity index (χ1) is 9.65. The number of hydrogen-bond acceptors (Lipinski definition) is 3. The molecular weight excluding hydrogens is 252 g/mol. The topological polar surface area (TPSA) is 76.4 Å². The number of aryl methyl sites for hydroxylation is 2. The van der Waals surface area contributed by atoms with Crippen LogP contribution in [0.1, 0.15) is 56.0 Å². The average molecular weight is 280 g/mol. The molecule has 0 aromatic carbocycles. The molecule has 0 fully saturated rings. The van der Waals surface area contributed by atoms with Gasteiger partial charge in [0.05, 0.1) is 5.69 Å². The van der Waals surface area contributed by atoms with Crippen LogP contribution >= 0.6 is 0 Å². The molecule has 5 heteroatoms. The van der Waals surface area contributed by atoms with E-state index >= 15 is 0 Å². The standard InChI is InChI=1S/C15H28N4O/c1-4-5-6-7-10-17-15(16)18-11-8-9-14-12(2)19-20-13(14)3/h4-11H2,1-3H3,(H3,16,17,18). The second-order valence-corrected chi connectivity index (χ2v) is 5.16. The minimum atomic E-state index is 0.556. The molecule has 1 aromatic heterocycles. The third-order valence-electron chi connectivity index (χ3n) is 3.38. The van der Waals surface area contributed by atoms with Gasteiger partial charge in [-0.05, 0) is 33.1 Å². The van der Waals surface area contributed by atoms with E-state index in [1.165, 1.54) is 24.8 Å². The van der Waals surface area contributed by atoms with Crippen LogP contribution in [-0.4, -0.2) is 24.2 Å². The Morgan fingerprint density at radius 1 is 1.25 bits per heavy atom. The normalized spacial score (nSPS) is 11.8. The van der Waals surface area contributed by atoms with E-state index in [-0.39, 0.29) is 0 Å². The van der Waals surface area contributed by atoms with Crippen LogP contribution in [0.5, 0.6) is 0 Å². The van der Waals surface area contributed by atoms with Crippen molar-refractivity contribution in [2.24, 2.45) is 10.7 Å². The van der Waals surface area contributed by atoms with Crippen molar-refractivity contribution >= 4 is 5.96 Å². The minimum absolute atomic E-state index is 0.556. The Morgan fingerprint density at radius 3 is 2.70 bits per heavy atom. The van der Waals surface area contributed by atoms with Crippen LogP contribution in [0.25, 0.3) is 0 Å². The molecule has 0 saturated carbocycles. The van der Waals surface area contributed by atoms with Gasteiger partial charge >= 0.3 is 0 Å². The van der Waals surface area contributed by atoms with E-state index in [4.69, 9.17) is 10.3 Å². The maximum atomic E-state index is 5.82. The summed E-state index contributed by atoms with van der Waals surface area (Å²) in [7, 11) is 0. The summed E-state index contributed by atoms with van der Waals surface area (Å²) in [5, 5.41) is 7.10. The van der Waals surface area contributed by atoms with Crippen LogP contribution in [0, 0.1) is 13.8 Å². The molecule has 0 saturated heterocycles. The van der Waals surface area contributed by atoms with Crippen molar-refractivity contribution in [2.75, 3.05) is 13.1 Å². The van der Waals surface area contributed by atoms with E-state index in [2.05, 4.69) is 22.4 Å². The maximum absolute atomic E-state index is 5.82. The molecule has 1 rings (SSSR count). The number of unbranched alkanes of at least 4 members (excludes halogenated alkanes) is 3. The first-order valence-corrected chi connectivity index (χ1v) is 7.60. The summed E-state index contributed by atoms with van der Waals surface area (Å²) in [5.74, 6) is 1.47. The molecule has 20 heavy (non-hydrogen) atoms. The Hall–Kier alpha value is -1.52. The summed E-state index contributed by atoms with van der Waals surface area (Å²) >= 11 is 0. The average Bonchev–Trinajstić information content (AvgIpc) is 2.74. The van der Waals surface area contributed by atoms with Gasteiger partial charge in [0.2, 0.25) is 0 Å². The minimum Gasteiger partial charge on any atom is -0.370 e. The zero-order valence-electron chi connectivity index (χ0n) is 13.0. The predicted molar refractivity (Wildman–Crippen MR) is 82.9 cm³/mol. The van der Waals surface area contributed by atoms with Gasteiger partial charge in [0, 0.05) is 18.7 Å². The zero-order valence-corrected chi connectivity index (χ0v) is 13.0. The van der Waals surface area contributed by atoms with E-state index in [9.17, 15) is 0 Å². The van der Waals surface area contributed by atoms with Crippen LogP contribution in [0.4, 0.5) is 0 Å². The van der Waals surface area contributed by atoms with Gasteiger partial charge in [-0.1, -0.05) is 31.3 Å². The molecule has 3 N–H and O–H groups in total. The lowest BCUT2D eigenvalue weighted by atomic mass is 10.1. The molecule has 0 aliphatic carbocycles. The summed E-state index contributed by atoms with van der Waals surface area (Å²) in [6.07, 6.45) is 6.85. The third kappa shape index (κ3) is 6.08. The summed E-state index contributed by atoms with van der Waals surface area (Å²) in [5.41, 5.74) is 8.00. The van der Waals surface area contributed by atoms with Crippen LogP contribution in [0.15, 0.2) is 9.52 Å². The predicted octanol–water partition coefficient (Wildman–Crippen LogP) is 2.71. The molecule has 0 bridgehead atoms. The van der Waals surface area contributed by atoms with E-state index in [0.29, 0.717) is 5.96 Å². The summed E-state index contributed by atoms with van der Waals surface area (Å²) in [6, 6.07) is 0. The molecule has 0 aliphatic rings. The molecule has 0 unspecified atom stereocenters. The van der Waals surface area contributed by atoms with Gasteiger partial charge in [-0.2, -0.15) is 0 Å². The van der Waals surface area contributed by atoms with E-state index in [1.807, 2.05) is 13.8 Å². The van der Waals surface area contributed by atoms with E-state index < -0.39 is 0 Å². The highest BCUT2D eigenvalue weighted by atomic mass is 16.5. The highest BCUT2D eigenvalue weighted by molar-refractivity contribution is 5.77. The van der Waals surface area contributed by atoms with Gasteiger partial charge in [-0.25, -0.2) is 0 Å². The van der Waals surface area contributed by atoms with Crippen LogP contribution in [0.2, 0.25) is 0 Å². The molecule has 5 nitrogen and oxygen atoms in total. The number of aliphatic imine (C=N–C) groups is 1. The van der Waals surface area contributed by atoms with Crippen LogP contribution < -0.4 is 11.1 Å². The largest absolute Gasteiger partial charge is 0.370 e. The fourth-order valence-corrected chi connectivity index (χ4v) is 2.14. The molecule has 0 amide bonds. The van der Waals surface area contributed by atoms with Crippen molar-refractivity contribution in [1.82, 2.24) is 10.5 Å². The van der Waals surface area contributed by atoms with Gasteiger partial charge in [0.25, 0.3) is 0 Å². The van der Waals surface area contributed by atoms with E-state index in [0.717, 1.165) is 43.8 Å². The van der Waals surface area contributed by atoms with Crippen molar-refractivity contribution in [3.63, 3.8) is 0 Å². The number of nitrogens with one attached hydrogen (secondary N) is 1. The van der Waals surface area contributed by atoms with E-state index in [1.54, 1.807) is 0 Å². The lowest BCUT2D eigenvalue weighted by molar-refractivity contribution is 0.392. The highest BCUT2D eigenvalue weighted by Crippen LogP contribution is 2.14. The summed E-state index contributed by atoms with van der Waals surface area (Å²) < 4.78 is 5.14. The molecule has 0 atom stereocenters. The maximum Gasteiger partial charge on any atom is 0.188 e. The first-order valence-electron chi connectivity index (χ1n) is 7.60. The molecular formula is C15H28N4O. The Labute approximate surface area is 122 Å². The Bertz CT molecular complexity index is 393. The lowest BCUT2D eigenvalue weighted by Crippen LogP contribution is -2.32. The fourth-order valence-electron chi connectivity index (χ4n) is 2.14. The number of nitrogens with zero attached hydrogens (tertiary/aromatic N) is 2. The summed E-state index contributed by atoms with van der Waals surface area (Å²) in [4.78, 5) is 4.33. The molecule has 0 radical (unpaired) electrons. The molecule has 114 valence electrons. The number of guanidine groups is 1. The van der Waals surface area contributed by atoms with Gasteiger partial charge < -0.3 is 15.6 Å². The van der Waals surface area contributed by atoms with Crippen molar-refractivity contribution < 1.29 is 4.52 Å².